The van der Waals surface area contributed by atoms with Gasteiger partial charge in [0.1, 0.15) is 16.8 Å². The molecular formula is C15H13FN2O3S. The summed E-state index contributed by atoms with van der Waals surface area (Å²) in [5.41, 5.74) is 0.972. The fourth-order valence-corrected chi connectivity index (χ4v) is 2.29. The summed E-state index contributed by atoms with van der Waals surface area (Å²) in [6.45, 7) is 3.76. The Balaban J connectivity index is 2.36. The van der Waals surface area contributed by atoms with E-state index in [-0.39, 0.29) is 11.4 Å². The third kappa shape index (κ3) is 3.38. The van der Waals surface area contributed by atoms with Crippen LogP contribution in [0.3, 0.4) is 0 Å². The zero-order valence-corrected chi connectivity index (χ0v) is 12.2. The van der Waals surface area contributed by atoms with Crippen LogP contribution in [0.4, 0.5) is 14.9 Å². The largest absolute Gasteiger partial charge is 0.464 e. The molecule has 0 bridgehead atoms. The maximum Gasteiger partial charge on any atom is 0.416 e. The van der Waals surface area contributed by atoms with E-state index in [1.54, 1.807) is 12.1 Å². The molecule has 0 aliphatic heterocycles. The molecule has 0 spiro atoms. The molecule has 0 radical (unpaired) electrons. The average molecular weight is 320 g/mol. The quantitative estimate of drug-likeness (QED) is 0.908. The highest BCUT2D eigenvalue weighted by atomic mass is 32.2. The second-order valence-corrected chi connectivity index (χ2v) is 5.43. The van der Waals surface area contributed by atoms with Crippen LogP contribution < -0.4 is 10.0 Å². The lowest BCUT2D eigenvalue weighted by Gasteiger charge is -2.22. The molecule has 7 heteroatoms. The predicted molar refractivity (Wildman–Crippen MR) is 83.0 cm³/mol. The number of nitrogens with two attached hydrogens (primary N) is 1. The van der Waals surface area contributed by atoms with E-state index in [0.717, 1.165) is 4.90 Å². The zero-order chi connectivity index (χ0) is 16.3. The van der Waals surface area contributed by atoms with Crippen LogP contribution in [-0.4, -0.2) is 15.4 Å². The van der Waals surface area contributed by atoms with Crippen LogP contribution >= 0.6 is 0 Å². The van der Waals surface area contributed by atoms with E-state index in [1.165, 1.54) is 36.4 Å². The lowest BCUT2D eigenvalue weighted by atomic mass is 10.1. The number of halogens is 1. The third-order valence-electron chi connectivity index (χ3n) is 2.97. The molecule has 0 aliphatic rings. The Hall–Kier alpha value is -2.51. The van der Waals surface area contributed by atoms with Gasteiger partial charge >= 0.3 is 6.09 Å². The van der Waals surface area contributed by atoms with Gasteiger partial charge in [-0.1, -0.05) is 18.7 Å². The molecular weight excluding hydrogens is 307 g/mol. The van der Waals surface area contributed by atoms with Gasteiger partial charge in [0.15, 0.2) is 0 Å². The maximum absolute atomic E-state index is 13.0. The molecule has 2 rings (SSSR count). The molecule has 1 unspecified atom stereocenters. The summed E-state index contributed by atoms with van der Waals surface area (Å²) >= 11 is 0. The topological polar surface area (TPSA) is 83.6 Å². The first-order chi connectivity index (χ1) is 10.4. The van der Waals surface area contributed by atoms with E-state index in [4.69, 9.17) is 5.14 Å². The van der Waals surface area contributed by atoms with Crippen molar-refractivity contribution in [2.45, 2.75) is 4.90 Å². The monoisotopic (exact) mass is 320 g/mol. The van der Waals surface area contributed by atoms with Crippen LogP contribution in [-0.2, 0) is 11.0 Å². The number of amides is 1. The highest BCUT2D eigenvalue weighted by Gasteiger charge is 2.19. The van der Waals surface area contributed by atoms with Gasteiger partial charge < -0.3 is 5.11 Å². The summed E-state index contributed by atoms with van der Waals surface area (Å²) in [7, 11) is -1.61. The Morgan fingerprint density at radius 3 is 2.14 bits per heavy atom. The molecule has 22 heavy (non-hydrogen) atoms. The van der Waals surface area contributed by atoms with E-state index in [2.05, 4.69) is 6.58 Å². The van der Waals surface area contributed by atoms with Gasteiger partial charge in [0.2, 0.25) is 0 Å². The lowest BCUT2D eigenvalue weighted by Crippen LogP contribution is -2.27. The van der Waals surface area contributed by atoms with Crippen LogP contribution in [0.5, 0.6) is 0 Å². The van der Waals surface area contributed by atoms with Gasteiger partial charge in [0, 0.05) is 0 Å². The van der Waals surface area contributed by atoms with E-state index in [1.807, 2.05) is 0 Å². The van der Waals surface area contributed by atoms with Gasteiger partial charge in [-0.05, 0) is 42.0 Å². The van der Waals surface area contributed by atoms with Crippen LogP contribution in [0.2, 0.25) is 0 Å². The smallest absolute Gasteiger partial charge is 0.416 e. The van der Waals surface area contributed by atoms with Crippen LogP contribution in [0.25, 0.3) is 5.70 Å². The fraction of sp³-hybridized carbons (Fsp3) is 0. The molecule has 0 saturated heterocycles. The molecule has 5 nitrogen and oxygen atoms in total. The summed E-state index contributed by atoms with van der Waals surface area (Å²) in [6, 6.07) is 11.2. The fourth-order valence-electron chi connectivity index (χ4n) is 1.88. The van der Waals surface area contributed by atoms with Gasteiger partial charge in [-0.15, -0.1) is 0 Å². The predicted octanol–water partition coefficient (Wildman–Crippen LogP) is 2.96. The highest BCUT2D eigenvalue weighted by molar-refractivity contribution is 7.82. The van der Waals surface area contributed by atoms with E-state index in [9.17, 15) is 18.5 Å². The van der Waals surface area contributed by atoms with E-state index < -0.39 is 22.9 Å². The van der Waals surface area contributed by atoms with Crippen LogP contribution in [0.1, 0.15) is 5.56 Å². The number of rotatable bonds is 4. The Labute approximate surface area is 129 Å². The average Bonchev–Trinajstić information content (AvgIpc) is 2.49. The molecule has 0 saturated carbocycles. The molecule has 3 N–H and O–H groups in total. The van der Waals surface area contributed by atoms with Gasteiger partial charge in [0.25, 0.3) is 0 Å². The summed E-state index contributed by atoms with van der Waals surface area (Å²) in [5.74, 6) is -0.463. The minimum atomic E-state index is -1.61. The molecule has 0 aromatic heterocycles. The number of benzene rings is 2. The summed E-state index contributed by atoms with van der Waals surface area (Å²) in [5, 5.41) is 14.6. The summed E-state index contributed by atoms with van der Waals surface area (Å²) in [6.07, 6.45) is -1.25. The molecule has 2 aromatic rings. The summed E-state index contributed by atoms with van der Waals surface area (Å²) in [4.78, 5) is 12.8. The Kier molecular flexibility index (Phi) is 4.69. The maximum atomic E-state index is 13.0. The molecule has 0 fully saturated rings. The lowest BCUT2D eigenvalue weighted by molar-refractivity contribution is 0.205. The minimum Gasteiger partial charge on any atom is -0.464 e. The normalized spacial score (nSPS) is 11.7. The van der Waals surface area contributed by atoms with Crippen molar-refractivity contribution in [2.24, 2.45) is 5.14 Å². The molecule has 2 aromatic carbocycles. The molecule has 1 atom stereocenters. The van der Waals surface area contributed by atoms with Crippen molar-refractivity contribution >= 4 is 28.5 Å². The number of carboxylic acid groups (broad SMARTS) is 1. The second-order valence-electron chi connectivity index (χ2n) is 4.36. The van der Waals surface area contributed by atoms with Crippen molar-refractivity contribution in [1.29, 1.82) is 0 Å². The van der Waals surface area contributed by atoms with Crippen molar-refractivity contribution in [3.63, 3.8) is 0 Å². The zero-order valence-electron chi connectivity index (χ0n) is 11.4. The minimum absolute atomic E-state index is 0.188. The van der Waals surface area contributed by atoms with E-state index >= 15 is 0 Å². The highest BCUT2D eigenvalue weighted by Crippen LogP contribution is 2.26. The van der Waals surface area contributed by atoms with E-state index in [0.29, 0.717) is 10.5 Å². The summed E-state index contributed by atoms with van der Waals surface area (Å²) < 4.78 is 24.1. The first-order valence-electron chi connectivity index (χ1n) is 6.14. The van der Waals surface area contributed by atoms with Crippen LogP contribution in [0, 0.1) is 5.82 Å². The number of anilines is 1. The SMILES string of the molecule is C=C(c1ccc(S(N)=O)cc1)N(C(=O)O)c1ccc(F)cc1. The van der Waals surface area contributed by atoms with Gasteiger partial charge in [-0.2, -0.15) is 0 Å². The Bertz CT molecular complexity index is 729. The standard InChI is InChI=1S/C15H13FN2O3S/c1-10(11-2-8-14(9-3-11)22(17)21)18(15(19)20)13-6-4-12(16)5-7-13/h2-9H,1,17H2,(H,19,20). The Morgan fingerprint density at radius 1 is 1.14 bits per heavy atom. The molecule has 114 valence electrons. The first kappa shape index (κ1) is 15.9. The van der Waals surface area contributed by atoms with Crippen molar-refractivity contribution < 1.29 is 18.5 Å². The number of hydrogen-bond donors (Lipinski definition) is 2. The van der Waals surface area contributed by atoms with Crippen LogP contribution in [0.15, 0.2) is 60.0 Å². The van der Waals surface area contributed by atoms with Crippen molar-refractivity contribution in [3.8, 4) is 0 Å². The Morgan fingerprint density at radius 2 is 1.68 bits per heavy atom. The molecule has 1 amide bonds. The van der Waals surface area contributed by atoms with Crippen molar-refractivity contribution in [1.82, 2.24) is 0 Å². The van der Waals surface area contributed by atoms with Crippen molar-refractivity contribution in [3.05, 3.63) is 66.5 Å². The van der Waals surface area contributed by atoms with Crippen molar-refractivity contribution in [2.75, 3.05) is 4.90 Å². The van der Waals surface area contributed by atoms with Gasteiger partial charge in [-0.25, -0.2) is 23.4 Å². The number of nitrogens with zero attached hydrogens (tertiary/aromatic N) is 1. The first-order valence-corrected chi connectivity index (χ1v) is 7.35. The van der Waals surface area contributed by atoms with Gasteiger partial charge in [0.05, 0.1) is 16.3 Å². The third-order valence-corrected chi connectivity index (χ3v) is 3.70. The molecule has 0 aliphatic carbocycles. The second kappa shape index (κ2) is 6.50. The molecule has 0 heterocycles. The van der Waals surface area contributed by atoms with Gasteiger partial charge in [-0.3, -0.25) is 0 Å². The number of hydrogen-bond acceptors (Lipinski definition) is 2. The number of carbonyl (C=O) groups is 1.